The first-order valence-electron chi connectivity index (χ1n) is 7.10. The molecule has 0 aliphatic carbocycles. The van der Waals surface area contributed by atoms with Gasteiger partial charge in [-0.1, -0.05) is 30.3 Å². The summed E-state index contributed by atoms with van der Waals surface area (Å²) in [4.78, 5) is 17.0. The molecule has 1 aromatic heterocycles. The Labute approximate surface area is 123 Å². The number of aromatic amines is 1. The van der Waals surface area contributed by atoms with Gasteiger partial charge in [0.25, 0.3) is 5.91 Å². The van der Waals surface area contributed by atoms with Crippen molar-refractivity contribution >= 4 is 5.91 Å². The number of aromatic nitrogens is 1. The lowest BCUT2D eigenvalue weighted by Gasteiger charge is -2.16. The lowest BCUT2D eigenvalue weighted by Crippen LogP contribution is -2.42. The summed E-state index contributed by atoms with van der Waals surface area (Å²) < 4.78 is 0. The molecule has 0 radical (unpaired) electrons. The van der Waals surface area contributed by atoms with Gasteiger partial charge >= 0.3 is 0 Å². The number of hydrogen-bond donors (Lipinski definition) is 3. The third kappa shape index (κ3) is 3.32. The number of hydrogen-bond acceptors (Lipinski definition) is 3. The Hall–Kier alpha value is -2.11. The van der Waals surface area contributed by atoms with Crippen LogP contribution in [0.25, 0.3) is 0 Å². The molecule has 1 aliphatic rings. The van der Waals surface area contributed by atoms with Crippen LogP contribution in [0.1, 0.15) is 15.9 Å². The number of nitrogens with zero attached hydrogens (tertiary/aromatic N) is 1. The SMILES string of the molecule is O=C(NC1CN(Cc2ccccc2)CC1O)c1cc[nH]c1. The maximum absolute atomic E-state index is 12.0. The van der Waals surface area contributed by atoms with E-state index in [9.17, 15) is 9.90 Å². The number of aliphatic hydroxyl groups is 1. The minimum Gasteiger partial charge on any atom is -0.390 e. The molecule has 1 saturated heterocycles. The summed E-state index contributed by atoms with van der Waals surface area (Å²) in [5.74, 6) is -0.151. The summed E-state index contributed by atoms with van der Waals surface area (Å²) in [6.45, 7) is 2.02. The first-order chi connectivity index (χ1) is 10.2. The van der Waals surface area contributed by atoms with Crippen molar-refractivity contribution in [2.24, 2.45) is 0 Å². The summed E-state index contributed by atoms with van der Waals surface area (Å²) in [5, 5.41) is 13.0. The number of rotatable bonds is 4. The quantitative estimate of drug-likeness (QED) is 0.784. The molecular formula is C16H19N3O2. The molecule has 2 heterocycles. The zero-order valence-electron chi connectivity index (χ0n) is 11.7. The summed E-state index contributed by atoms with van der Waals surface area (Å²) in [7, 11) is 0. The zero-order valence-corrected chi connectivity index (χ0v) is 11.7. The Morgan fingerprint density at radius 1 is 1.29 bits per heavy atom. The van der Waals surface area contributed by atoms with Crippen molar-refractivity contribution in [3.8, 4) is 0 Å². The van der Waals surface area contributed by atoms with E-state index in [0.29, 0.717) is 18.7 Å². The molecular weight excluding hydrogens is 266 g/mol. The van der Waals surface area contributed by atoms with Crippen LogP contribution in [0.2, 0.25) is 0 Å². The first-order valence-corrected chi connectivity index (χ1v) is 7.10. The lowest BCUT2D eigenvalue weighted by molar-refractivity contribution is 0.0888. The first kappa shape index (κ1) is 13.9. The van der Waals surface area contributed by atoms with Crippen molar-refractivity contribution in [1.29, 1.82) is 0 Å². The Balaban J connectivity index is 1.57. The molecule has 2 atom stereocenters. The highest BCUT2D eigenvalue weighted by molar-refractivity contribution is 5.94. The summed E-state index contributed by atoms with van der Waals surface area (Å²) >= 11 is 0. The summed E-state index contributed by atoms with van der Waals surface area (Å²) in [6, 6.07) is 11.6. The van der Waals surface area contributed by atoms with Crippen molar-refractivity contribution in [1.82, 2.24) is 15.2 Å². The molecule has 1 aliphatic heterocycles. The van der Waals surface area contributed by atoms with E-state index in [4.69, 9.17) is 0 Å². The van der Waals surface area contributed by atoms with Gasteiger partial charge in [-0.2, -0.15) is 0 Å². The maximum Gasteiger partial charge on any atom is 0.253 e. The fourth-order valence-corrected chi connectivity index (χ4v) is 2.70. The lowest BCUT2D eigenvalue weighted by atomic mass is 10.2. The third-order valence-corrected chi connectivity index (χ3v) is 3.79. The van der Waals surface area contributed by atoms with Crippen LogP contribution in [0, 0.1) is 0 Å². The second kappa shape index (κ2) is 6.11. The molecule has 110 valence electrons. The molecule has 3 rings (SSSR count). The van der Waals surface area contributed by atoms with Crippen LogP contribution in [-0.2, 0) is 6.54 Å². The monoisotopic (exact) mass is 285 g/mol. The van der Waals surface area contributed by atoms with Crippen LogP contribution in [0.3, 0.4) is 0 Å². The van der Waals surface area contributed by atoms with Gasteiger partial charge in [0.05, 0.1) is 17.7 Å². The van der Waals surface area contributed by atoms with Gasteiger partial charge in [-0.05, 0) is 11.6 Å². The van der Waals surface area contributed by atoms with E-state index >= 15 is 0 Å². The molecule has 1 fully saturated rings. The van der Waals surface area contributed by atoms with Crippen molar-refractivity contribution in [3.05, 3.63) is 59.9 Å². The van der Waals surface area contributed by atoms with E-state index in [0.717, 1.165) is 6.54 Å². The number of β-amino-alcohol motifs (C(OH)–C–C–N with tert-alkyl or cyclic N) is 1. The van der Waals surface area contributed by atoms with Crippen LogP contribution in [0.4, 0.5) is 0 Å². The Kier molecular flexibility index (Phi) is 4.03. The van der Waals surface area contributed by atoms with Crippen LogP contribution in [0.5, 0.6) is 0 Å². The van der Waals surface area contributed by atoms with Crippen molar-refractivity contribution in [2.75, 3.05) is 13.1 Å². The average Bonchev–Trinajstić information content (AvgIpc) is 3.11. The average molecular weight is 285 g/mol. The number of amides is 1. The molecule has 5 nitrogen and oxygen atoms in total. The van der Waals surface area contributed by atoms with Gasteiger partial charge in [-0.15, -0.1) is 0 Å². The van der Waals surface area contributed by atoms with Crippen molar-refractivity contribution in [2.45, 2.75) is 18.7 Å². The maximum atomic E-state index is 12.0. The summed E-state index contributed by atoms with van der Waals surface area (Å²) in [6.07, 6.45) is 2.83. The summed E-state index contributed by atoms with van der Waals surface area (Å²) in [5.41, 5.74) is 1.80. The van der Waals surface area contributed by atoms with Crippen molar-refractivity contribution in [3.63, 3.8) is 0 Å². The smallest absolute Gasteiger partial charge is 0.253 e. The normalized spacial score (nSPS) is 22.3. The van der Waals surface area contributed by atoms with Gasteiger partial charge in [0.15, 0.2) is 0 Å². The van der Waals surface area contributed by atoms with Gasteiger partial charge in [-0.3, -0.25) is 9.69 Å². The van der Waals surface area contributed by atoms with Gasteiger partial charge in [0.1, 0.15) is 0 Å². The van der Waals surface area contributed by atoms with E-state index in [-0.39, 0.29) is 11.9 Å². The molecule has 1 aromatic carbocycles. The van der Waals surface area contributed by atoms with Crippen LogP contribution >= 0.6 is 0 Å². The molecule has 2 aromatic rings. The predicted molar refractivity (Wildman–Crippen MR) is 79.8 cm³/mol. The van der Waals surface area contributed by atoms with Crippen LogP contribution < -0.4 is 5.32 Å². The van der Waals surface area contributed by atoms with E-state index < -0.39 is 6.10 Å². The van der Waals surface area contributed by atoms with Crippen LogP contribution in [0.15, 0.2) is 48.8 Å². The van der Waals surface area contributed by atoms with Crippen molar-refractivity contribution < 1.29 is 9.90 Å². The molecule has 21 heavy (non-hydrogen) atoms. The zero-order chi connectivity index (χ0) is 14.7. The van der Waals surface area contributed by atoms with E-state index in [1.807, 2.05) is 18.2 Å². The molecule has 3 N–H and O–H groups in total. The standard InChI is InChI=1S/C16H19N3O2/c20-15-11-19(9-12-4-2-1-3-5-12)10-14(15)18-16(21)13-6-7-17-8-13/h1-8,14-15,17,20H,9-11H2,(H,18,21). The highest BCUT2D eigenvalue weighted by Crippen LogP contribution is 2.14. The number of aliphatic hydroxyl groups excluding tert-OH is 1. The largest absolute Gasteiger partial charge is 0.390 e. The minimum atomic E-state index is -0.531. The second-order valence-corrected chi connectivity index (χ2v) is 5.43. The van der Waals surface area contributed by atoms with Gasteiger partial charge in [0, 0.05) is 32.0 Å². The molecule has 0 bridgehead atoms. The molecule has 1 amide bonds. The fraction of sp³-hybridized carbons (Fsp3) is 0.312. The van der Waals surface area contributed by atoms with Gasteiger partial charge in [-0.25, -0.2) is 0 Å². The minimum absolute atomic E-state index is 0.151. The third-order valence-electron chi connectivity index (χ3n) is 3.79. The highest BCUT2D eigenvalue weighted by Gasteiger charge is 2.32. The van der Waals surface area contributed by atoms with E-state index in [1.165, 1.54) is 5.56 Å². The number of H-pyrrole nitrogens is 1. The number of likely N-dealkylation sites (tertiary alicyclic amines) is 1. The van der Waals surface area contributed by atoms with Gasteiger partial charge in [0.2, 0.25) is 0 Å². The second-order valence-electron chi connectivity index (χ2n) is 5.43. The number of benzene rings is 1. The number of nitrogens with one attached hydrogen (secondary N) is 2. The van der Waals surface area contributed by atoms with E-state index in [1.54, 1.807) is 18.5 Å². The fourth-order valence-electron chi connectivity index (χ4n) is 2.70. The van der Waals surface area contributed by atoms with Crippen LogP contribution in [-0.4, -0.2) is 46.1 Å². The molecule has 0 spiro atoms. The molecule has 5 heteroatoms. The molecule has 0 saturated carbocycles. The highest BCUT2D eigenvalue weighted by atomic mass is 16.3. The van der Waals surface area contributed by atoms with Gasteiger partial charge < -0.3 is 15.4 Å². The Bertz CT molecular complexity index is 583. The Morgan fingerprint density at radius 3 is 2.81 bits per heavy atom. The predicted octanol–water partition coefficient (Wildman–Crippen LogP) is 0.990. The molecule has 2 unspecified atom stereocenters. The number of carbonyl (C=O) groups is 1. The number of carbonyl (C=O) groups excluding carboxylic acids is 1. The Morgan fingerprint density at radius 2 is 2.10 bits per heavy atom. The van der Waals surface area contributed by atoms with E-state index in [2.05, 4.69) is 27.3 Å². The topological polar surface area (TPSA) is 68.4 Å².